The summed E-state index contributed by atoms with van der Waals surface area (Å²) in [5.41, 5.74) is 1.79. The van der Waals surface area contributed by atoms with E-state index in [2.05, 4.69) is 15.9 Å². The fourth-order valence-electron chi connectivity index (χ4n) is 3.34. The predicted molar refractivity (Wildman–Crippen MR) is 92.2 cm³/mol. The van der Waals surface area contributed by atoms with Crippen molar-refractivity contribution in [2.45, 2.75) is 16.7 Å². The van der Waals surface area contributed by atoms with E-state index in [1.165, 1.54) is 4.31 Å². The molecule has 0 bridgehead atoms. The molecule has 2 aromatic carbocycles. The van der Waals surface area contributed by atoms with Gasteiger partial charge in [0.25, 0.3) is 10.0 Å². The van der Waals surface area contributed by atoms with Crippen LogP contribution >= 0.6 is 15.9 Å². The molecule has 6 heteroatoms. The fourth-order valence-corrected chi connectivity index (χ4v) is 5.21. The Morgan fingerprint density at radius 2 is 1.83 bits per heavy atom. The van der Waals surface area contributed by atoms with Crippen molar-refractivity contribution in [3.63, 3.8) is 0 Å². The first-order valence-electron chi connectivity index (χ1n) is 7.49. The average Bonchev–Trinajstić information content (AvgIpc) is 2.53. The van der Waals surface area contributed by atoms with Gasteiger partial charge < -0.3 is 4.74 Å². The molecule has 4 rings (SSSR count). The number of nitrogens with zero attached hydrogens (tertiary/aromatic N) is 1. The van der Waals surface area contributed by atoms with Crippen molar-refractivity contribution < 1.29 is 13.2 Å². The second-order valence-corrected chi connectivity index (χ2v) is 8.85. The minimum absolute atomic E-state index is 0.0399. The highest BCUT2D eigenvalue weighted by molar-refractivity contribution is 9.10. The molecule has 0 aliphatic carbocycles. The van der Waals surface area contributed by atoms with Crippen LogP contribution in [0.2, 0.25) is 0 Å². The van der Waals surface area contributed by atoms with Crippen molar-refractivity contribution in [2.24, 2.45) is 0 Å². The van der Waals surface area contributed by atoms with Crippen LogP contribution in [0.1, 0.15) is 12.0 Å². The van der Waals surface area contributed by atoms with Gasteiger partial charge >= 0.3 is 0 Å². The van der Waals surface area contributed by atoms with E-state index in [4.69, 9.17) is 4.74 Å². The molecular weight excluding hydrogens is 378 g/mol. The van der Waals surface area contributed by atoms with Crippen LogP contribution in [0.3, 0.4) is 0 Å². The van der Waals surface area contributed by atoms with Crippen molar-refractivity contribution in [1.82, 2.24) is 0 Å². The second-order valence-electron chi connectivity index (χ2n) is 6.07. The molecule has 2 aliphatic rings. The minimum Gasteiger partial charge on any atom is -0.379 e. The molecule has 2 heterocycles. The summed E-state index contributed by atoms with van der Waals surface area (Å²) in [5, 5.41) is 0. The van der Waals surface area contributed by atoms with Crippen LogP contribution in [0, 0.1) is 0 Å². The molecule has 1 saturated heterocycles. The van der Waals surface area contributed by atoms with Crippen LogP contribution in [0.25, 0.3) is 0 Å². The minimum atomic E-state index is -3.55. The molecule has 2 aromatic rings. The summed E-state index contributed by atoms with van der Waals surface area (Å²) >= 11 is 3.50. The summed E-state index contributed by atoms with van der Waals surface area (Å²) in [6.07, 6.45) is 0.780. The smallest absolute Gasteiger partial charge is 0.264 e. The summed E-state index contributed by atoms with van der Waals surface area (Å²) in [4.78, 5) is 0.328. The molecular formula is C17H16BrNO3S. The zero-order valence-electron chi connectivity index (χ0n) is 12.4. The number of anilines is 1. The van der Waals surface area contributed by atoms with Crippen LogP contribution in [0.4, 0.5) is 5.69 Å². The first-order chi connectivity index (χ1) is 11.0. The maximum atomic E-state index is 13.0. The van der Waals surface area contributed by atoms with E-state index in [-0.39, 0.29) is 5.41 Å². The van der Waals surface area contributed by atoms with Gasteiger partial charge in [-0.15, -0.1) is 0 Å². The van der Waals surface area contributed by atoms with Gasteiger partial charge in [0.05, 0.1) is 23.8 Å². The Morgan fingerprint density at radius 1 is 1.09 bits per heavy atom. The Bertz CT molecular complexity index is 847. The zero-order valence-corrected chi connectivity index (χ0v) is 14.8. The van der Waals surface area contributed by atoms with Crippen molar-refractivity contribution in [1.29, 1.82) is 0 Å². The number of hydrogen-bond acceptors (Lipinski definition) is 3. The number of rotatable bonds is 2. The Labute approximate surface area is 144 Å². The van der Waals surface area contributed by atoms with Crippen molar-refractivity contribution >= 4 is 31.6 Å². The van der Waals surface area contributed by atoms with Crippen molar-refractivity contribution in [3.8, 4) is 0 Å². The van der Waals surface area contributed by atoms with Crippen molar-refractivity contribution in [3.05, 3.63) is 58.6 Å². The molecule has 0 amide bonds. The SMILES string of the molecule is O=S(=O)(c1ccccc1)N1CCC2(COC2)c2cc(Br)ccc21. The molecule has 0 unspecified atom stereocenters. The van der Waals surface area contributed by atoms with Crippen LogP contribution in [0.15, 0.2) is 57.9 Å². The Hall–Kier alpha value is -1.37. The number of benzene rings is 2. The molecule has 1 spiro atoms. The van der Waals surface area contributed by atoms with Crippen LogP contribution in [-0.2, 0) is 20.2 Å². The molecule has 0 aromatic heterocycles. The number of hydrogen-bond donors (Lipinski definition) is 0. The third-order valence-corrected chi connectivity index (χ3v) is 7.00. The van der Waals surface area contributed by atoms with Gasteiger partial charge in [-0.3, -0.25) is 4.31 Å². The molecule has 120 valence electrons. The van der Waals surface area contributed by atoms with E-state index in [0.29, 0.717) is 24.7 Å². The maximum absolute atomic E-state index is 13.0. The van der Waals surface area contributed by atoms with Crippen LogP contribution in [0.5, 0.6) is 0 Å². The quantitative estimate of drug-likeness (QED) is 0.785. The molecule has 4 nitrogen and oxygen atoms in total. The molecule has 0 N–H and O–H groups in total. The van der Waals surface area contributed by atoms with Gasteiger partial charge in [-0.1, -0.05) is 34.1 Å². The summed E-state index contributed by atoms with van der Waals surface area (Å²) < 4.78 is 34.0. The maximum Gasteiger partial charge on any atom is 0.264 e. The molecule has 0 radical (unpaired) electrons. The second kappa shape index (κ2) is 5.33. The molecule has 0 saturated carbocycles. The molecule has 1 fully saturated rings. The van der Waals surface area contributed by atoms with Crippen molar-refractivity contribution in [2.75, 3.05) is 24.1 Å². The van der Waals surface area contributed by atoms with E-state index in [1.807, 2.05) is 24.3 Å². The normalized spacial score (nSPS) is 19.3. The average molecular weight is 394 g/mol. The lowest BCUT2D eigenvalue weighted by Crippen LogP contribution is -2.53. The van der Waals surface area contributed by atoms with Crippen LogP contribution < -0.4 is 4.31 Å². The summed E-state index contributed by atoms with van der Waals surface area (Å²) in [6.45, 7) is 1.81. The van der Waals surface area contributed by atoms with Gasteiger partial charge in [0.2, 0.25) is 0 Å². The zero-order chi connectivity index (χ0) is 16.1. The largest absolute Gasteiger partial charge is 0.379 e. The third kappa shape index (κ3) is 2.31. The number of fused-ring (bicyclic) bond motifs is 2. The van der Waals surface area contributed by atoms with Gasteiger partial charge in [-0.2, -0.15) is 0 Å². The standard InChI is InChI=1S/C17H16BrNO3S/c18-13-6-7-16-15(10-13)17(11-22-12-17)8-9-19(16)23(20,21)14-4-2-1-3-5-14/h1-7,10H,8-9,11-12H2. The molecule has 2 aliphatic heterocycles. The monoisotopic (exact) mass is 393 g/mol. The fraction of sp³-hybridized carbons (Fsp3) is 0.294. The topological polar surface area (TPSA) is 46.6 Å². The highest BCUT2D eigenvalue weighted by Gasteiger charge is 2.47. The van der Waals surface area contributed by atoms with Gasteiger partial charge in [0, 0.05) is 16.4 Å². The number of sulfonamides is 1. The lowest BCUT2D eigenvalue weighted by Gasteiger charge is -2.48. The Kier molecular flexibility index (Phi) is 3.51. The van der Waals surface area contributed by atoms with Gasteiger partial charge in [0.15, 0.2) is 0 Å². The highest BCUT2D eigenvalue weighted by atomic mass is 79.9. The van der Waals surface area contributed by atoms with Gasteiger partial charge in [-0.25, -0.2) is 8.42 Å². The first kappa shape index (κ1) is 15.2. The van der Waals surface area contributed by atoms with Crippen LogP contribution in [-0.4, -0.2) is 28.2 Å². The Morgan fingerprint density at radius 3 is 2.48 bits per heavy atom. The van der Waals surface area contributed by atoms with E-state index in [0.717, 1.165) is 22.1 Å². The Balaban J connectivity index is 1.84. The van der Waals surface area contributed by atoms with E-state index < -0.39 is 10.0 Å². The van der Waals surface area contributed by atoms with E-state index in [9.17, 15) is 8.42 Å². The summed E-state index contributed by atoms with van der Waals surface area (Å²) in [6, 6.07) is 14.4. The predicted octanol–water partition coefficient (Wildman–Crippen LogP) is 3.32. The first-order valence-corrected chi connectivity index (χ1v) is 9.72. The van der Waals surface area contributed by atoms with E-state index >= 15 is 0 Å². The number of halogens is 1. The van der Waals surface area contributed by atoms with Gasteiger partial charge in [0.1, 0.15) is 0 Å². The summed E-state index contributed by atoms with van der Waals surface area (Å²) in [5.74, 6) is 0. The van der Waals surface area contributed by atoms with Gasteiger partial charge in [-0.05, 0) is 42.3 Å². The van der Waals surface area contributed by atoms with E-state index in [1.54, 1.807) is 24.3 Å². The lowest BCUT2D eigenvalue weighted by molar-refractivity contribution is -0.0645. The molecule has 0 atom stereocenters. The number of ether oxygens (including phenoxy) is 1. The highest BCUT2D eigenvalue weighted by Crippen LogP contribution is 2.47. The lowest BCUT2D eigenvalue weighted by atomic mass is 9.73. The summed E-state index contributed by atoms with van der Waals surface area (Å²) in [7, 11) is -3.55. The third-order valence-electron chi connectivity index (χ3n) is 4.68. The molecule has 23 heavy (non-hydrogen) atoms.